The minimum Gasteiger partial charge on any atom is -0.334 e. The second-order valence-corrected chi connectivity index (χ2v) is 4.55. The number of rotatable bonds is 3. The summed E-state index contributed by atoms with van der Waals surface area (Å²) in [6, 6.07) is 13.8. The highest BCUT2D eigenvalue weighted by Gasteiger charge is 2.14. The van der Waals surface area contributed by atoms with Gasteiger partial charge in [-0.25, -0.2) is 0 Å². The van der Waals surface area contributed by atoms with E-state index in [0.717, 1.165) is 11.1 Å². The Hall–Kier alpha value is -3.02. The van der Waals surface area contributed by atoms with Gasteiger partial charge < -0.3 is 4.52 Å². The van der Waals surface area contributed by atoms with Gasteiger partial charge in [0.1, 0.15) is 0 Å². The van der Waals surface area contributed by atoms with Crippen LogP contribution in [0.25, 0.3) is 22.8 Å². The molecule has 0 atom stereocenters. The second-order valence-electron chi connectivity index (χ2n) is 4.55. The lowest BCUT2D eigenvalue weighted by atomic mass is 10.1. The number of hydrogen-bond acceptors (Lipinski definition) is 5. The number of nitro groups is 1. The first kappa shape index (κ1) is 13.0. The molecule has 1 heterocycles. The summed E-state index contributed by atoms with van der Waals surface area (Å²) in [5.74, 6) is 0.728. The van der Waals surface area contributed by atoms with Crippen LogP contribution in [0.1, 0.15) is 5.56 Å². The summed E-state index contributed by atoms with van der Waals surface area (Å²) >= 11 is 0. The molecule has 3 rings (SSSR count). The lowest BCUT2D eigenvalue weighted by Gasteiger charge is -1.98. The molecule has 6 nitrogen and oxygen atoms in total. The molecule has 0 aliphatic rings. The van der Waals surface area contributed by atoms with Crippen LogP contribution in [-0.4, -0.2) is 15.1 Å². The van der Waals surface area contributed by atoms with E-state index in [0.29, 0.717) is 17.3 Å². The average Bonchev–Trinajstić information content (AvgIpc) is 2.97. The summed E-state index contributed by atoms with van der Waals surface area (Å²) in [5, 5.41) is 14.7. The first-order chi connectivity index (χ1) is 10.1. The predicted octanol–water partition coefficient (Wildman–Crippen LogP) is 3.62. The Kier molecular flexibility index (Phi) is 3.19. The molecular weight excluding hydrogens is 270 g/mol. The van der Waals surface area contributed by atoms with Crippen molar-refractivity contribution < 1.29 is 9.45 Å². The van der Waals surface area contributed by atoms with Crippen molar-refractivity contribution in [3.05, 3.63) is 64.2 Å². The maximum absolute atomic E-state index is 10.8. The van der Waals surface area contributed by atoms with Crippen LogP contribution >= 0.6 is 0 Å². The van der Waals surface area contributed by atoms with E-state index >= 15 is 0 Å². The van der Waals surface area contributed by atoms with Gasteiger partial charge in [0.05, 0.1) is 4.92 Å². The van der Waals surface area contributed by atoms with Crippen molar-refractivity contribution in [1.29, 1.82) is 0 Å². The minimum absolute atomic E-state index is 0.00487. The fourth-order valence-corrected chi connectivity index (χ4v) is 2.02. The molecule has 0 N–H and O–H groups in total. The van der Waals surface area contributed by atoms with Crippen molar-refractivity contribution >= 4 is 5.69 Å². The Morgan fingerprint density at radius 3 is 2.71 bits per heavy atom. The van der Waals surface area contributed by atoms with E-state index in [1.165, 1.54) is 12.1 Å². The Labute approximate surface area is 120 Å². The topological polar surface area (TPSA) is 82.1 Å². The van der Waals surface area contributed by atoms with Crippen LogP contribution in [0.5, 0.6) is 0 Å². The molecular formula is C15H11N3O3. The van der Waals surface area contributed by atoms with Crippen LogP contribution in [-0.2, 0) is 0 Å². The first-order valence-electron chi connectivity index (χ1n) is 6.29. The highest BCUT2D eigenvalue weighted by Crippen LogP contribution is 2.26. The van der Waals surface area contributed by atoms with Crippen molar-refractivity contribution in [2.75, 3.05) is 0 Å². The van der Waals surface area contributed by atoms with Crippen molar-refractivity contribution in [2.24, 2.45) is 0 Å². The quantitative estimate of drug-likeness (QED) is 0.541. The monoisotopic (exact) mass is 281 g/mol. The molecule has 0 saturated heterocycles. The SMILES string of the molecule is Cc1ccccc1-c1nc(-c2cccc([N+](=O)[O-])c2)no1. The first-order valence-corrected chi connectivity index (χ1v) is 6.29. The molecule has 3 aromatic rings. The van der Waals surface area contributed by atoms with Gasteiger partial charge >= 0.3 is 0 Å². The number of aromatic nitrogens is 2. The summed E-state index contributed by atoms with van der Waals surface area (Å²) in [6.45, 7) is 1.95. The Morgan fingerprint density at radius 1 is 1.14 bits per heavy atom. The third-order valence-electron chi connectivity index (χ3n) is 3.12. The molecule has 6 heteroatoms. The number of hydrogen-bond donors (Lipinski definition) is 0. The number of nitrogens with zero attached hydrogens (tertiary/aromatic N) is 3. The zero-order chi connectivity index (χ0) is 14.8. The van der Waals surface area contributed by atoms with E-state index < -0.39 is 4.92 Å². The van der Waals surface area contributed by atoms with Crippen molar-refractivity contribution in [3.8, 4) is 22.8 Å². The number of benzene rings is 2. The van der Waals surface area contributed by atoms with Crippen LogP contribution in [0, 0.1) is 17.0 Å². The molecule has 21 heavy (non-hydrogen) atoms. The minimum atomic E-state index is -0.453. The molecule has 104 valence electrons. The summed E-state index contributed by atoms with van der Waals surface area (Å²) in [5.41, 5.74) is 2.41. The average molecular weight is 281 g/mol. The molecule has 0 aliphatic carbocycles. The van der Waals surface area contributed by atoms with Gasteiger partial charge in [0, 0.05) is 23.3 Å². The molecule has 2 aromatic carbocycles. The van der Waals surface area contributed by atoms with E-state index in [2.05, 4.69) is 10.1 Å². The van der Waals surface area contributed by atoms with Gasteiger partial charge in [0.15, 0.2) is 0 Å². The largest absolute Gasteiger partial charge is 0.334 e. The molecule has 0 spiro atoms. The molecule has 0 unspecified atom stereocenters. The highest BCUT2D eigenvalue weighted by atomic mass is 16.6. The van der Waals surface area contributed by atoms with Crippen molar-refractivity contribution in [3.63, 3.8) is 0 Å². The molecule has 0 aliphatic heterocycles. The number of nitro benzene ring substituents is 1. The van der Waals surface area contributed by atoms with Crippen LogP contribution in [0.15, 0.2) is 53.1 Å². The lowest BCUT2D eigenvalue weighted by molar-refractivity contribution is -0.384. The highest BCUT2D eigenvalue weighted by molar-refractivity contribution is 5.63. The summed E-state index contributed by atoms with van der Waals surface area (Å²) in [6.07, 6.45) is 0. The summed E-state index contributed by atoms with van der Waals surface area (Å²) in [4.78, 5) is 14.7. The van der Waals surface area contributed by atoms with E-state index in [4.69, 9.17) is 4.52 Å². The fraction of sp³-hybridized carbons (Fsp3) is 0.0667. The third-order valence-corrected chi connectivity index (χ3v) is 3.12. The van der Waals surface area contributed by atoms with Crippen LogP contribution in [0.3, 0.4) is 0 Å². The Morgan fingerprint density at radius 2 is 1.95 bits per heavy atom. The van der Waals surface area contributed by atoms with Crippen LogP contribution in [0.2, 0.25) is 0 Å². The van der Waals surface area contributed by atoms with Gasteiger partial charge in [-0.2, -0.15) is 4.98 Å². The predicted molar refractivity (Wildman–Crippen MR) is 76.6 cm³/mol. The van der Waals surface area contributed by atoms with Crippen LogP contribution < -0.4 is 0 Å². The van der Waals surface area contributed by atoms with Gasteiger partial charge in [-0.05, 0) is 18.6 Å². The van der Waals surface area contributed by atoms with Gasteiger partial charge in [0.2, 0.25) is 5.82 Å². The molecule has 0 amide bonds. The van der Waals surface area contributed by atoms with Gasteiger partial charge in [0.25, 0.3) is 11.6 Å². The van der Waals surface area contributed by atoms with Gasteiger partial charge in [-0.15, -0.1) is 0 Å². The molecule has 0 radical (unpaired) electrons. The lowest BCUT2D eigenvalue weighted by Crippen LogP contribution is -1.89. The maximum Gasteiger partial charge on any atom is 0.270 e. The standard InChI is InChI=1S/C15H11N3O3/c1-10-5-2-3-8-13(10)15-16-14(17-21-15)11-6-4-7-12(9-11)18(19)20/h2-9H,1H3. The molecule has 0 saturated carbocycles. The Bertz CT molecular complexity index is 811. The zero-order valence-corrected chi connectivity index (χ0v) is 11.2. The maximum atomic E-state index is 10.8. The third kappa shape index (κ3) is 2.51. The smallest absolute Gasteiger partial charge is 0.270 e. The fourth-order valence-electron chi connectivity index (χ4n) is 2.02. The van der Waals surface area contributed by atoms with Gasteiger partial charge in [-0.1, -0.05) is 35.5 Å². The normalized spacial score (nSPS) is 10.5. The number of non-ortho nitro benzene ring substituents is 1. The van der Waals surface area contributed by atoms with E-state index in [9.17, 15) is 10.1 Å². The van der Waals surface area contributed by atoms with Crippen LogP contribution in [0.4, 0.5) is 5.69 Å². The van der Waals surface area contributed by atoms with E-state index in [1.54, 1.807) is 12.1 Å². The van der Waals surface area contributed by atoms with Crippen molar-refractivity contribution in [2.45, 2.75) is 6.92 Å². The van der Waals surface area contributed by atoms with Crippen molar-refractivity contribution in [1.82, 2.24) is 10.1 Å². The summed E-state index contributed by atoms with van der Waals surface area (Å²) < 4.78 is 5.26. The van der Waals surface area contributed by atoms with Gasteiger partial charge in [-0.3, -0.25) is 10.1 Å². The molecule has 0 fully saturated rings. The second kappa shape index (κ2) is 5.16. The molecule has 0 bridgehead atoms. The van der Waals surface area contributed by atoms with E-state index in [-0.39, 0.29) is 5.69 Å². The zero-order valence-electron chi connectivity index (χ0n) is 11.2. The number of aryl methyl sites for hydroxylation is 1. The molecule has 1 aromatic heterocycles. The summed E-state index contributed by atoms with van der Waals surface area (Å²) in [7, 11) is 0. The van der Waals surface area contributed by atoms with E-state index in [1.807, 2.05) is 31.2 Å². The Balaban J connectivity index is 2.01.